The van der Waals surface area contributed by atoms with E-state index in [0.717, 1.165) is 0 Å². The molecule has 0 aromatic heterocycles. The van der Waals surface area contributed by atoms with Gasteiger partial charge < -0.3 is 51.3 Å². The lowest BCUT2D eigenvalue weighted by molar-refractivity contribution is -0.140. The van der Waals surface area contributed by atoms with Crippen LogP contribution in [0.15, 0.2) is 0 Å². The fraction of sp³-hybridized carbons (Fsp3) is 0.786. The summed E-state index contributed by atoms with van der Waals surface area (Å²) in [5.74, 6) is -5.23. The third-order valence-electron chi connectivity index (χ3n) is 8.31. The molecule has 2 saturated heterocycles. The van der Waals surface area contributed by atoms with Crippen LogP contribution in [0.2, 0.25) is 0 Å². The lowest BCUT2D eigenvalue weighted by Gasteiger charge is -2.33. The summed E-state index contributed by atoms with van der Waals surface area (Å²) in [6.45, 7) is 3.91. The van der Waals surface area contributed by atoms with Crippen LogP contribution in [0.1, 0.15) is 26.7 Å². The van der Waals surface area contributed by atoms with E-state index in [1.54, 1.807) is 19.6 Å². The van der Waals surface area contributed by atoms with E-state index in [1.165, 1.54) is 18.7 Å². The smallest absolute Gasteiger partial charge is 0.475 e. The summed E-state index contributed by atoms with van der Waals surface area (Å²) in [5.41, 5.74) is 0. The van der Waals surface area contributed by atoms with Crippen LogP contribution in [0.4, 0.5) is 0 Å². The Hall–Kier alpha value is -3.44. The van der Waals surface area contributed by atoms with Crippen LogP contribution in [0, 0.1) is 0 Å². The van der Waals surface area contributed by atoms with Gasteiger partial charge in [0.1, 0.15) is 12.1 Å². The van der Waals surface area contributed by atoms with Gasteiger partial charge in [0.15, 0.2) is 6.29 Å². The number of carbonyl (C=O) groups is 6. The number of hydrogen-bond acceptors (Lipinski definition) is 14. The maximum Gasteiger partial charge on any atom is 0.475 e. The molecule has 3 atom stereocenters. The number of nitrogens with zero attached hydrogens (tertiary/aromatic N) is 5. The molecular weight excluding hydrogens is 651 g/mol. The van der Waals surface area contributed by atoms with Crippen LogP contribution in [0.3, 0.4) is 0 Å². The first-order chi connectivity index (χ1) is 23.0. The highest BCUT2D eigenvalue weighted by atomic mass is 16.5. The molecule has 49 heavy (non-hydrogen) atoms. The Morgan fingerprint density at radius 3 is 1.65 bits per heavy atom. The van der Waals surface area contributed by atoms with Crippen molar-refractivity contribution >= 4 is 42.7 Å². The molecular formula is C28H51BN8O12. The number of aliphatic hydroxyl groups excluding tert-OH is 1. The highest BCUT2D eigenvalue weighted by molar-refractivity contribution is 6.43. The van der Waals surface area contributed by atoms with E-state index in [9.17, 15) is 59.2 Å². The normalized spacial score (nSPS) is 20.5. The number of rotatable bonds is 15. The minimum atomic E-state index is -1.70. The van der Waals surface area contributed by atoms with Crippen molar-refractivity contribution in [1.29, 1.82) is 0 Å². The van der Waals surface area contributed by atoms with E-state index < -0.39 is 73.5 Å². The minimum absolute atomic E-state index is 0.116. The predicted octanol–water partition coefficient (Wildman–Crippen LogP) is -6.18. The van der Waals surface area contributed by atoms with E-state index in [4.69, 9.17) is 0 Å². The number of aliphatic carboxylic acids is 2. The molecule has 0 bridgehead atoms. The van der Waals surface area contributed by atoms with Crippen molar-refractivity contribution in [2.45, 2.75) is 51.0 Å². The first kappa shape index (κ1) is 41.7. The molecule has 2 rings (SSSR count). The van der Waals surface area contributed by atoms with Gasteiger partial charge in [-0.25, -0.2) is 0 Å². The molecule has 20 nitrogen and oxygen atoms in total. The molecule has 2 heterocycles. The van der Waals surface area contributed by atoms with Gasteiger partial charge in [0.2, 0.25) is 23.6 Å². The first-order valence-electron chi connectivity index (χ1n) is 16.3. The van der Waals surface area contributed by atoms with Crippen molar-refractivity contribution in [3.05, 3.63) is 0 Å². The van der Waals surface area contributed by atoms with Crippen molar-refractivity contribution in [2.24, 2.45) is 0 Å². The fourth-order valence-electron chi connectivity index (χ4n) is 5.67. The third-order valence-corrected chi connectivity index (χ3v) is 8.31. The highest BCUT2D eigenvalue weighted by Crippen LogP contribution is 2.19. The molecule has 2 aliphatic rings. The van der Waals surface area contributed by atoms with Gasteiger partial charge in [-0.15, -0.1) is 0 Å². The van der Waals surface area contributed by atoms with Crippen molar-refractivity contribution in [1.82, 2.24) is 40.4 Å². The Morgan fingerprint density at radius 2 is 1.18 bits per heavy atom. The Balaban J connectivity index is 1.93. The maximum atomic E-state index is 12.8. The Labute approximate surface area is 285 Å². The van der Waals surface area contributed by atoms with Gasteiger partial charge in [-0.05, 0) is 26.7 Å². The van der Waals surface area contributed by atoms with Gasteiger partial charge in [-0.2, -0.15) is 0 Å². The molecule has 0 saturated carbocycles. The molecule has 278 valence electrons. The number of carboxylic acid groups (broad SMARTS) is 2. The molecule has 0 radical (unpaired) electrons. The lowest BCUT2D eigenvalue weighted by atomic mass is 9.78. The van der Waals surface area contributed by atoms with Crippen molar-refractivity contribution in [3.8, 4) is 0 Å². The zero-order valence-corrected chi connectivity index (χ0v) is 28.1. The summed E-state index contributed by atoms with van der Waals surface area (Å²) in [4.78, 5) is 81.6. The molecule has 2 fully saturated rings. The van der Waals surface area contributed by atoms with Crippen molar-refractivity contribution < 1.29 is 59.2 Å². The van der Waals surface area contributed by atoms with Crippen molar-refractivity contribution in [3.63, 3.8) is 0 Å². The molecule has 2 aliphatic heterocycles. The molecule has 21 heteroatoms. The van der Waals surface area contributed by atoms with Crippen LogP contribution in [-0.4, -0.2) is 214 Å². The standard InChI is InChI=1S/C28H51BN8O12/c1-19(27(46)32-20(2)28(47)37-5-3-4-21(37)29(48)49)31-22(38)14-30-23(39)15-33-6-8-34(16-24(40)41)10-12-36(18-26(44)45)13-11-35(9-7-33)17-25(42)43/h19-21,24,40-41,48-49H,3-18H2,1-2H3,(H,30,39)(H,31,38)(H,32,46)(H,42,43)(H,44,45)/t19-,20+,21-/m0/s1. The summed E-state index contributed by atoms with van der Waals surface area (Å²) < 4.78 is 0. The quantitative estimate of drug-likeness (QED) is 0.0567. The Morgan fingerprint density at radius 1 is 0.694 bits per heavy atom. The fourth-order valence-corrected chi connectivity index (χ4v) is 5.67. The SMILES string of the molecule is C[C@H](NC(=O)CNC(=O)CN1CCN(CC(=O)O)CCN(CC(=O)O)CCN(CC(O)O)CC1)C(=O)N[C@H](C)C(=O)N1CCC[C@H]1B(O)O. The van der Waals surface area contributed by atoms with Gasteiger partial charge in [0.25, 0.3) is 0 Å². The third kappa shape index (κ3) is 15.8. The molecule has 4 amide bonds. The van der Waals surface area contributed by atoms with Crippen LogP contribution in [0.25, 0.3) is 0 Å². The van der Waals surface area contributed by atoms with Gasteiger partial charge in [0.05, 0.1) is 32.1 Å². The minimum Gasteiger partial charge on any atom is -0.480 e. The number of nitrogens with one attached hydrogen (secondary N) is 3. The van der Waals surface area contributed by atoms with E-state index >= 15 is 0 Å². The number of amides is 4. The monoisotopic (exact) mass is 702 g/mol. The van der Waals surface area contributed by atoms with E-state index in [-0.39, 0.29) is 78.5 Å². The van der Waals surface area contributed by atoms with E-state index in [2.05, 4.69) is 16.0 Å². The largest absolute Gasteiger partial charge is 0.480 e. The van der Waals surface area contributed by atoms with E-state index in [0.29, 0.717) is 19.4 Å². The van der Waals surface area contributed by atoms with Gasteiger partial charge in [0, 0.05) is 65.4 Å². The number of β-amino-alcohol motifs (C(OH)–C–C–N with tert-alkyl or cyclic N) is 2. The van der Waals surface area contributed by atoms with E-state index in [1.807, 2.05) is 0 Å². The second-order valence-electron chi connectivity index (χ2n) is 12.3. The average Bonchev–Trinajstić information content (AvgIpc) is 3.50. The van der Waals surface area contributed by atoms with Crippen LogP contribution < -0.4 is 16.0 Å². The number of aliphatic hydroxyl groups is 2. The van der Waals surface area contributed by atoms with Gasteiger partial charge in [-0.1, -0.05) is 0 Å². The Bertz CT molecular complexity index is 1140. The molecule has 0 unspecified atom stereocenters. The lowest BCUT2D eigenvalue weighted by Crippen LogP contribution is -2.55. The zero-order chi connectivity index (χ0) is 36.7. The highest BCUT2D eigenvalue weighted by Gasteiger charge is 2.38. The van der Waals surface area contributed by atoms with Crippen molar-refractivity contribution in [2.75, 3.05) is 91.6 Å². The summed E-state index contributed by atoms with van der Waals surface area (Å²) in [6.07, 6.45) is -0.632. The summed E-state index contributed by atoms with van der Waals surface area (Å²) in [7, 11) is -1.70. The molecule has 0 aliphatic carbocycles. The number of hydrogen-bond donors (Lipinski definition) is 9. The molecule has 9 N–H and O–H groups in total. The van der Waals surface area contributed by atoms with Gasteiger partial charge in [-0.3, -0.25) is 48.4 Å². The molecule has 0 aromatic carbocycles. The topological polar surface area (TPSA) is 276 Å². The zero-order valence-electron chi connectivity index (χ0n) is 28.1. The average molecular weight is 703 g/mol. The number of likely N-dealkylation sites (tertiary alicyclic amines) is 1. The Kier molecular flexibility index (Phi) is 17.8. The van der Waals surface area contributed by atoms with Crippen LogP contribution >= 0.6 is 0 Å². The number of carbonyl (C=O) groups excluding carboxylic acids is 4. The molecule has 0 spiro atoms. The second-order valence-corrected chi connectivity index (χ2v) is 12.3. The second kappa shape index (κ2) is 20.9. The predicted molar refractivity (Wildman–Crippen MR) is 172 cm³/mol. The first-order valence-corrected chi connectivity index (χ1v) is 16.3. The van der Waals surface area contributed by atoms with Crippen LogP contribution in [-0.2, 0) is 28.8 Å². The summed E-state index contributed by atoms with van der Waals surface area (Å²) in [6, 6.07) is -2.05. The summed E-state index contributed by atoms with van der Waals surface area (Å²) >= 11 is 0. The van der Waals surface area contributed by atoms with Gasteiger partial charge >= 0.3 is 19.1 Å². The maximum absolute atomic E-state index is 12.8. The summed E-state index contributed by atoms with van der Waals surface area (Å²) in [5, 5.41) is 64.3. The number of carboxylic acids is 2. The van der Waals surface area contributed by atoms with Crippen LogP contribution in [0.5, 0.6) is 0 Å². The molecule has 0 aromatic rings.